The number of alkyl halides is 2. The van der Waals surface area contributed by atoms with Gasteiger partial charge >= 0.3 is 5.97 Å². The quantitative estimate of drug-likeness (QED) is 0.755. The maximum Gasteiger partial charge on any atom is 0.356 e. The van der Waals surface area contributed by atoms with Crippen molar-refractivity contribution in [3.8, 4) is 0 Å². The van der Waals surface area contributed by atoms with Gasteiger partial charge in [-0.1, -0.05) is 0 Å². The maximum atomic E-state index is 12.4. The first-order valence-corrected chi connectivity index (χ1v) is 5.03. The zero-order chi connectivity index (χ0) is 12.1. The third kappa shape index (κ3) is 3.01. The molecule has 0 aliphatic carbocycles. The Hall–Kier alpha value is -1.46. The van der Waals surface area contributed by atoms with Crippen molar-refractivity contribution in [2.75, 3.05) is 6.61 Å². The van der Waals surface area contributed by atoms with E-state index in [-0.39, 0.29) is 24.4 Å². The molecule has 6 heteroatoms. The van der Waals surface area contributed by atoms with Crippen molar-refractivity contribution in [1.82, 2.24) is 5.43 Å². The molecular weight excluding hydrogens is 218 g/mol. The second-order valence-corrected chi connectivity index (χ2v) is 3.39. The minimum atomic E-state index is -2.60. The van der Waals surface area contributed by atoms with Crippen LogP contribution in [-0.2, 0) is 9.53 Å². The SMILES string of the molecule is CCOC(=O)C1=C(C)CCC(C(F)F)=NN1. The lowest BCUT2D eigenvalue weighted by Gasteiger charge is -2.07. The van der Waals surface area contributed by atoms with Crippen LogP contribution in [-0.4, -0.2) is 24.7 Å². The molecule has 0 radical (unpaired) electrons. The maximum absolute atomic E-state index is 12.4. The van der Waals surface area contributed by atoms with Crippen LogP contribution in [0.3, 0.4) is 0 Å². The molecule has 1 rings (SSSR count). The van der Waals surface area contributed by atoms with Crippen LogP contribution in [0.25, 0.3) is 0 Å². The normalized spacial score (nSPS) is 16.7. The number of allylic oxidation sites excluding steroid dienone is 1. The number of hydrogen-bond donors (Lipinski definition) is 1. The zero-order valence-electron chi connectivity index (χ0n) is 9.22. The van der Waals surface area contributed by atoms with Crippen LogP contribution in [0.4, 0.5) is 8.78 Å². The Morgan fingerprint density at radius 2 is 2.25 bits per heavy atom. The summed E-state index contributed by atoms with van der Waals surface area (Å²) >= 11 is 0. The first kappa shape index (κ1) is 12.6. The van der Waals surface area contributed by atoms with Crippen molar-refractivity contribution in [1.29, 1.82) is 0 Å². The molecule has 0 aromatic rings. The lowest BCUT2D eigenvalue weighted by Crippen LogP contribution is -2.20. The van der Waals surface area contributed by atoms with Crippen LogP contribution in [0.15, 0.2) is 16.4 Å². The molecule has 0 saturated heterocycles. The van der Waals surface area contributed by atoms with Gasteiger partial charge in [0.05, 0.1) is 6.61 Å². The average molecular weight is 232 g/mol. The van der Waals surface area contributed by atoms with E-state index in [1.54, 1.807) is 13.8 Å². The van der Waals surface area contributed by atoms with E-state index in [2.05, 4.69) is 10.5 Å². The van der Waals surface area contributed by atoms with Crippen LogP contribution >= 0.6 is 0 Å². The first-order valence-electron chi connectivity index (χ1n) is 5.03. The summed E-state index contributed by atoms with van der Waals surface area (Å²) in [6, 6.07) is 0. The van der Waals surface area contributed by atoms with Gasteiger partial charge in [0.25, 0.3) is 6.43 Å². The highest BCUT2D eigenvalue weighted by molar-refractivity contribution is 5.92. The highest BCUT2D eigenvalue weighted by Gasteiger charge is 2.21. The second-order valence-electron chi connectivity index (χ2n) is 3.39. The van der Waals surface area contributed by atoms with Gasteiger partial charge in [-0.25, -0.2) is 13.6 Å². The standard InChI is InChI=1S/C10H14F2N2O2/c1-3-16-10(15)8-6(2)4-5-7(9(11)12)13-14-8/h9,14H,3-5H2,1-2H3. The zero-order valence-corrected chi connectivity index (χ0v) is 9.22. The van der Waals surface area contributed by atoms with Crippen LogP contribution in [0.1, 0.15) is 26.7 Å². The number of hydrogen-bond acceptors (Lipinski definition) is 4. The van der Waals surface area contributed by atoms with Crippen molar-refractivity contribution in [3.05, 3.63) is 11.3 Å². The van der Waals surface area contributed by atoms with Crippen molar-refractivity contribution in [3.63, 3.8) is 0 Å². The van der Waals surface area contributed by atoms with E-state index < -0.39 is 12.4 Å². The summed E-state index contributed by atoms with van der Waals surface area (Å²) < 4.78 is 29.6. The predicted octanol–water partition coefficient (Wildman–Crippen LogP) is 1.83. The Bertz CT molecular complexity index is 338. The minimum absolute atomic E-state index is 0.152. The number of esters is 1. The molecule has 0 saturated carbocycles. The summed E-state index contributed by atoms with van der Waals surface area (Å²) in [7, 11) is 0. The summed E-state index contributed by atoms with van der Waals surface area (Å²) in [6.45, 7) is 3.62. The third-order valence-electron chi connectivity index (χ3n) is 2.23. The van der Waals surface area contributed by atoms with E-state index >= 15 is 0 Å². The van der Waals surface area contributed by atoms with E-state index in [9.17, 15) is 13.6 Å². The fourth-order valence-corrected chi connectivity index (χ4v) is 1.30. The molecule has 0 fully saturated rings. The molecule has 1 aliphatic heterocycles. The lowest BCUT2D eigenvalue weighted by molar-refractivity contribution is -0.139. The molecule has 4 nitrogen and oxygen atoms in total. The van der Waals surface area contributed by atoms with E-state index in [1.807, 2.05) is 0 Å². The highest BCUT2D eigenvalue weighted by Crippen LogP contribution is 2.16. The number of carbonyl (C=O) groups is 1. The van der Waals surface area contributed by atoms with E-state index in [4.69, 9.17) is 4.74 Å². The van der Waals surface area contributed by atoms with Crippen molar-refractivity contribution < 1.29 is 18.3 Å². The molecular formula is C10H14F2N2O2. The first-order chi connectivity index (χ1) is 7.56. The van der Waals surface area contributed by atoms with Crippen LogP contribution in [0, 0.1) is 0 Å². The Morgan fingerprint density at radius 3 is 2.81 bits per heavy atom. The predicted molar refractivity (Wildman–Crippen MR) is 55.1 cm³/mol. The van der Waals surface area contributed by atoms with Gasteiger partial charge in [-0.3, -0.25) is 5.43 Å². The fraction of sp³-hybridized carbons (Fsp3) is 0.600. The Morgan fingerprint density at radius 1 is 1.56 bits per heavy atom. The number of ether oxygens (including phenoxy) is 1. The third-order valence-corrected chi connectivity index (χ3v) is 2.23. The van der Waals surface area contributed by atoms with Gasteiger partial charge < -0.3 is 4.74 Å². The molecule has 0 bridgehead atoms. The molecule has 0 spiro atoms. The van der Waals surface area contributed by atoms with Gasteiger partial charge in [-0.05, 0) is 32.3 Å². The summed E-state index contributed by atoms with van der Waals surface area (Å²) in [6.07, 6.45) is -2.06. The topological polar surface area (TPSA) is 50.7 Å². The smallest absolute Gasteiger partial charge is 0.356 e. The van der Waals surface area contributed by atoms with Crippen LogP contribution in [0.5, 0.6) is 0 Å². The Kier molecular flexibility index (Phi) is 4.39. The van der Waals surface area contributed by atoms with Gasteiger partial charge in [0.1, 0.15) is 11.4 Å². The minimum Gasteiger partial charge on any atom is -0.461 e. The second kappa shape index (κ2) is 5.58. The number of rotatable bonds is 3. The van der Waals surface area contributed by atoms with Crippen LogP contribution < -0.4 is 5.43 Å². The summed E-state index contributed by atoms with van der Waals surface area (Å²) in [5.74, 6) is -0.556. The Balaban J connectivity index is 2.80. The molecule has 1 N–H and O–H groups in total. The number of halogens is 2. The van der Waals surface area contributed by atoms with Crippen LogP contribution in [0.2, 0.25) is 0 Å². The average Bonchev–Trinajstić information content (AvgIpc) is 2.40. The number of carbonyl (C=O) groups excluding carboxylic acids is 1. The molecule has 16 heavy (non-hydrogen) atoms. The summed E-state index contributed by atoms with van der Waals surface area (Å²) in [4.78, 5) is 11.4. The Labute approximate surface area is 92.3 Å². The van der Waals surface area contributed by atoms with Crippen molar-refractivity contribution in [2.45, 2.75) is 33.1 Å². The van der Waals surface area contributed by atoms with Gasteiger partial charge in [0.15, 0.2) is 0 Å². The molecule has 90 valence electrons. The van der Waals surface area contributed by atoms with Gasteiger partial charge in [0.2, 0.25) is 0 Å². The molecule has 0 aromatic heterocycles. The molecule has 0 unspecified atom stereocenters. The highest BCUT2D eigenvalue weighted by atomic mass is 19.3. The van der Waals surface area contributed by atoms with E-state index in [0.29, 0.717) is 12.0 Å². The number of nitrogens with one attached hydrogen (secondary N) is 1. The molecule has 1 heterocycles. The number of hydrazone groups is 1. The molecule has 0 amide bonds. The van der Waals surface area contributed by atoms with E-state index in [1.165, 1.54) is 0 Å². The summed E-state index contributed by atoms with van der Waals surface area (Å²) in [5, 5.41) is 3.52. The largest absolute Gasteiger partial charge is 0.461 e. The van der Waals surface area contributed by atoms with E-state index in [0.717, 1.165) is 0 Å². The van der Waals surface area contributed by atoms with Crippen molar-refractivity contribution >= 4 is 11.7 Å². The number of nitrogens with zero attached hydrogens (tertiary/aromatic N) is 1. The molecule has 0 aromatic carbocycles. The summed E-state index contributed by atoms with van der Waals surface area (Å²) in [5.41, 5.74) is 2.97. The van der Waals surface area contributed by atoms with Gasteiger partial charge in [-0.2, -0.15) is 5.10 Å². The molecule has 1 aliphatic rings. The van der Waals surface area contributed by atoms with Crippen molar-refractivity contribution in [2.24, 2.45) is 5.10 Å². The van der Waals surface area contributed by atoms with Gasteiger partial charge in [0, 0.05) is 0 Å². The van der Waals surface area contributed by atoms with Gasteiger partial charge in [-0.15, -0.1) is 0 Å². The monoisotopic (exact) mass is 232 g/mol. The fourth-order valence-electron chi connectivity index (χ4n) is 1.30. The molecule has 0 atom stereocenters. The lowest BCUT2D eigenvalue weighted by atomic mass is 10.1.